The van der Waals surface area contributed by atoms with E-state index in [0.29, 0.717) is 11.5 Å². The Kier molecular flexibility index (Phi) is 4.84. The van der Waals surface area contributed by atoms with Gasteiger partial charge in [0.1, 0.15) is 12.2 Å². The molecule has 0 unspecified atom stereocenters. The standard InChI is InChI=1S/C20H21N3O3/c24-20(21-16-5-2-1-3-6-16)15-8-10-23(11-9-15)14-17-13-19(26-22-17)18-7-4-12-25-18/h1-7,12-13,15H,8-11,14H2,(H,21,24)/p+1. The molecule has 0 atom stereocenters. The van der Waals surface area contributed by atoms with E-state index in [2.05, 4.69) is 10.5 Å². The molecule has 0 spiro atoms. The van der Waals surface area contributed by atoms with Crippen LogP contribution in [0.1, 0.15) is 18.5 Å². The molecule has 0 bridgehead atoms. The number of likely N-dealkylation sites (tertiary alicyclic amines) is 1. The maximum Gasteiger partial charge on any atom is 0.227 e. The van der Waals surface area contributed by atoms with Crippen molar-refractivity contribution in [3.8, 4) is 11.5 Å². The van der Waals surface area contributed by atoms with Crippen molar-refractivity contribution < 1.29 is 18.6 Å². The van der Waals surface area contributed by atoms with Crippen molar-refractivity contribution in [2.75, 3.05) is 18.4 Å². The van der Waals surface area contributed by atoms with Gasteiger partial charge in [0.15, 0.2) is 5.76 Å². The number of carbonyl (C=O) groups excluding carboxylic acids is 1. The van der Waals surface area contributed by atoms with Crippen molar-refractivity contribution in [1.82, 2.24) is 5.16 Å². The van der Waals surface area contributed by atoms with Crippen LogP contribution < -0.4 is 10.2 Å². The molecule has 1 aliphatic heterocycles. The van der Waals surface area contributed by atoms with Gasteiger partial charge in [-0.3, -0.25) is 4.79 Å². The lowest BCUT2D eigenvalue weighted by molar-refractivity contribution is -0.919. The third kappa shape index (κ3) is 3.86. The number of hydrogen-bond donors (Lipinski definition) is 2. The van der Waals surface area contributed by atoms with Crippen LogP contribution in [0.2, 0.25) is 0 Å². The zero-order valence-electron chi connectivity index (χ0n) is 14.5. The van der Waals surface area contributed by atoms with Gasteiger partial charge in [0.2, 0.25) is 11.7 Å². The van der Waals surface area contributed by atoms with E-state index in [9.17, 15) is 4.79 Å². The SMILES string of the molecule is O=C(Nc1ccccc1)C1CC[NH+](Cc2cc(-c3ccco3)on2)CC1. The number of aromatic nitrogens is 1. The fourth-order valence-corrected chi connectivity index (χ4v) is 3.42. The van der Waals surface area contributed by atoms with Crippen LogP contribution in [-0.4, -0.2) is 24.2 Å². The molecule has 6 heteroatoms. The van der Waals surface area contributed by atoms with Gasteiger partial charge in [-0.2, -0.15) is 0 Å². The highest BCUT2D eigenvalue weighted by Crippen LogP contribution is 2.20. The largest absolute Gasteiger partial charge is 0.461 e. The maximum absolute atomic E-state index is 12.4. The van der Waals surface area contributed by atoms with Crippen LogP contribution in [0.25, 0.3) is 11.5 Å². The number of hydrogen-bond acceptors (Lipinski definition) is 4. The lowest BCUT2D eigenvalue weighted by atomic mass is 9.95. The molecule has 4 rings (SSSR count). The molecule has 0 radical (unpaired) electrons. The molecule has 134 valence electrons. The molecule has 1 aliphatic rings. The minimum absolute atomic E-state index is 0.0787. The van der Waals surface area contributed by atoms with E-state index >= 15 is 0 Å². The number of para-hydroxylation sites is 1. The number of piperidine rings is 1. The van der Waals surface area contributed by atoms with Gasteiger partial charge in [0, 0.05) is 30.5 Å². The van der Waals surface area contributed by atoms with Gasteiger partial charge in [-0.15, -0.1) is 0 Å². The molecule has 6 nitrogen and oxygen atoms in total. The van der Waals surface area contributed by atoms with Crippen LogP contribution >= 0.6 is 0 Å². The Morgan fingerprint density at radius 1 is 1.12 bits per heavy atom. The van der Waals surface area contributed by atoms with Crippen LogP contribution in [0.5, 0.6) is 0 Å². The van der Waals surface area contributed by atoms with Crippen molar-refractivity contribution in [3.63, 3.8) is 0 Å². The first-order chi connectivity index (χ1) is 12.8. The summed E-state index contributed by atoms with van der Waals surface area (Å²) in [5, 5.41) is 7.15. The number of nitrogens with one attached hydrogen (secondary N) is 2. The topological polar surface area (TPSA) is 72.7 Å². The molecular weight excluding hydrogens is 330 g/mol. The van der Waals surface area contributed by atoms with Crippen LogP contribution in [0, 0.1) is 5.92 Å². The monoisotopic (exact) mass is 352 g/mol. The molecule has 3 aromatic rings. The molecule has 1 saturated heterocycles. The van der Waals surface area contributed by atoms with E-state index < -0.39 is 0 Å². The van der Waals surface area contributed by atoms with E-state index in [0.717, 1.165) is 43.9 Å². The number of nitrogens with zero attached hydrogens (tertiary/aromatic N) is 1. The van der Waals surface area contributed by atoms with Gasteiger partial charge in [0.05, 0.1) is 19.4 Å². The average molecular weight is 352 g/mol. The first kappa shape index (κ1) is 16.6. The van der Waals surface area contributed by atoms with E-state index in [-0.39, 0.29) is 11.8 Å². The second kappa shape index (κ2) is 7.58. The van der Waals surface area contributed by atoms with Crippen LogP contribution in [0.15, 0.2) is 63.7 Å². The summed E-state index contributed by atoms with van der Waals surface area (Å²) in [7, 11) is 0. The van der Waals surface area contributed by atoms with Crippen LogP contribution in [0.3, 0.4) is 0 Å². The minimum atomic E-state index is 0.0787. The van der Waals surface area contributed by atoms with E-state index in [4.69, 9.17) is 8.94 Å². The average Bonchev–Trinajstić information content (AvgIpc) is 3.35. The second-order valence-corrected chi connectivity index (χ2v) is 6.72. The Balaban J connectivity index is 1.28. The normalized spacial score (nSPS) is 20.0. The summed E-state index contributed by atoms with van der Waals surface area (Å²) in [4.78, 5) is 13.8. The van der Waals surface area contributed by atoms with Gasteiger partial charge < -0.3 is 19.2 Å². The van der Waals surface area contributed by atoms with Gasteiger partial charge in [-0.25, -0.2) is 0 Å². The first-order valence-corrected chi connectivity index (χ1v) is 8.97. The summed E-state index contributed by atoms with van der Waals surface area (Å²) >= 11 is 0. The van der Waals surface area contributed by atoms with Crippen LogP contribution in [-0.2, 0) is 11.3 Å². The Morgan fingerprint density at radius 3 is 2.65 bits per heavy atom. The molecule has 0 saturated carbocycles. The number of anilines is 1. The van der Waals surface area contributed by atoms with Crippen molar-refractivity contribution in [2.45, 2.75) is 19.4 Å². The highest BCUT2D eigenvalue weighted by atomic mass is 16.5. The van der Waals surface area contributed by atoms with E-state index in [1.54, 1.807) is 6.26 Å². The Bertz CT molecular complexity index is 834. The quantitative estimate of drug-likeness (QED) is 0.739. The molecule has 2 aromatic heterocycles. The number of carbonyl (C=O) groups is 1. The van der Waals surface area contributed by atoms with Gasteiger partial charge in [-0.1, -0.05) is 23.4 Å². The fourth-order valence-electron chi connectivity index (χ4n) is 3.42. The predicted molar refractivity (Wildman–Crippen MR) is 96.4 cm³/mol. The lowest BCUT2D eigenvalue weighted by Crippen LogP contribution is -3.11. The minimum Gasteiger partial charge on any atom is -0.461 e. The molecule has 0 aliphatic carbocycles. The van der Waals surface area contributed by atoms with Crippen LogP contribution in [0.4, 0.5) is 5.69 Å². The summed E-state index contributed by atoms with van der Waals surface area (Å²) in [6.45, 7) is 2.71. The lowest BCUT2D eigenvalue weighted by Gasteiger charge is -2.28. The second-order valence-electron chi connectivity index (χ2n) is 6.72. The number of rotatable bonds is 5. The fraction of sp³-hybridized carbons (Fsp3) is 0.300. The number of amides is 1. The van der Waals surface area contributed by atoms with E-state index in [1.165, 1.54) is 4.90 Å². The smallest absolute Gasteiger partial charge is 0.227 e. The Hall–Kier alpha value is -2.86. The number of furan rings is 1. The molecule has 1 fully saturated rings. The summed E-state index contributed by atoms with van der Waals surface area (Å²) in [5.41, 5.74) is 1.78. The molecule has 2 N–H and O–H groups in total. The van der Waals surface area contributed by atoms with Crippen molar-refractivity contribution in [3.05, 3.63) is 60.5 Å². The summed E-state index contributed by atoms with van der Waals surface area (Å²) in [6.07, 6.45) is 3.39. The van der Waals surface area contributed by atoms with Gasteiger partial charge >= 0.3 is 0 Å². The zero-order valence-corrected chi connectivity index (χ0v) is 14.5. The summed E-state index contributed by atoms with van der Waals surface area (Å²) in [6, 6.07) is 15.2. The predicted octanol–water partition coefficient (Wildman–Crippen LogP) is 2.37. The van der Waals surface area contributed by atoms with Gasteiger partial charge in [-0.05, 0) is 24.3 Å². The molecule has 1 amide bonds. The van der Waals surface area contributed by atoms with Gasteiger partial charge in [0.25, 0.3) is 0 Å². The summed E-state index contributed by atoms with van der Waals surface area (Å²) in [5.74, 6) is 1.54. The summed E-state index contributed by atoms with van der Waals surface area (Å²) < 4.78 is 10.7. The van der Waals surface area contributed by atoms with Crippen molar-refractivity contribution in [1.29, 1.82) is 0 Å². The van der Waals surface area contributed by atoms with Crippen molar-refractivity contribution in [2.24, 2.45) is 5.92 Å². The molecule has 26 heavy (non-hydrogen) atoms. The van der Waals surface area contributed by atoms with Crippen molar-refractivity contribution >= 4 is 11.6 Å². The maximum atomic E-state index is 12.4. The Morgan fingerprint density at radius 2 is 1.92 bits per heavy atom. The number of benzene rings is 1. The van der Waals surface area contributed by atoms with E-state index in [1.807, 2.05) is 48.5 Å². The first-order valence-electron chi connectivity index (χ1n) is 8.97. The Labute approximate surface area is 151 Å². The highest BCUT2D eigenvalue weighted by Gasteiger charge is 2.28. The molecule has 1 aromatic carbocycles. The highest BCUT2D eigenvalue weighted by molar-refractivity contribution is 5.92. The number of quaternary nitrogens is 1. The molecule has 3 heterocycles. The molecular formula is C20H22N3O3+. The third-order valence-electron chi connectivity index (χ3n) is 4.86. The zero-order chi connectivity index (χ0) is 17.8. The third-order valence-corrected chi connectivity index (χ3v) is 4.86.